The van der Waals surface area contributed by atoms with Crippen LogP contribution < -0.4 is 11.1 Å². The van der Waals surface area contributed by atoms with Gasteiger partial charge in [-0.1, -0.05) is 44.2 Å². The van der Waals surface area contributed by atoms with Crippen molar-refractivity contribution in [3.8, 4) is 0 Å². The Morgan fingerprint density at radius 2 is 1.74 bits per heavy atom. The van der Waals surface area contributed by atoms with Crippen LogP contribution in [-0.2, 0) is 6.54 Å². The van der Waals surface area contributed by atoms with E-state index >= 15 is 0 Å². The first-order valence-electron chi connectivity index (χ1n) is 6.75. The van der Waals surface area contributed by atoms with Crippen LogP contribution in [0.4, 0.5) is 11.4 Å². The summed E-state index contributed by atoms with van der Waals surface area (Å²) in [5.41, 5.74) is 11.6. The first kappa shape index (κ1) is 13.5. The van der Waals surface area contributed by atoms with Crippen LogP contribution >= 0.6 is 0 Å². The number of hydrogen-bond donors (Lipinski definition) is 2. The molecule has 2 aromatic rings. The van der Waals surface area contributed by atoms with Gasteiger partial charge in [-0.05, 0) is 41.7 Å². The number of benzene rings is 2. The molecule has 3 N–H and O–H groups in total. The summed E-state index contributed by atoms with van der Waals surface area (Å²) in [4.78, 5) is 0. The number of rotatable bonds is 4. The Morgan fingerprint density at radius 3 is 2.37 bits per heavy atom. The van der Waals surface area contributed by atoms with Gasteiger partial charge in [-0.15, -0.1) is 0 Å². The predicted octanol–water partition coefficient (Wildman–Crippen LogP) is 4.31. The fraction of sp³-hybridized carbons (Fsp3) is 0.294. The zero-order chi connectivity index (χ0) is 13.8. The van der Waals surface area contributed by atoms with Crippen LogP contribution in [0.5, 0.6) is 0 Å². The van der Waals surface area contributed by atoms with Gasteiger partial charge in [0, 0.05) is 6.54 Å². The minimum absolute atomic E-state index is 0.578. The maximum absolute atomic E-state index is 5.95. The zero-order valence-electron chi connectivity index (χ0n) is 11.9. The largest absolute Gasteiger partial charge is 0.397 e. The molecule has 2 nitrogen and oxygen atoms in total. The number of aryl methyl sites for hydroxylation is 1. The normalized spacial score (nSPS) is 10.7. The van der Waals surface area contributed by atoms with Gasteiger partial charge in [0.05, 0.1) is 11.4 Å². The molecular weight excluding hydrogens is 232 g/mol. The highest BCUT2D eigenvalue weighted by Gasteiger charge is 2.01. The van der Waals surface area contributed by atoms with E-state index in [0.29, 0.717) is 5.92 Å². The van der Waals surface area contributed by atoms with Gasteiger partial charge in [0.1, 0.15) is 0 Å². The lowest BCUT2D eigenvalue weighted by Crippen LogP contribution is -2.03. The molecule has 0 fully saturated rings. The van der Waals surface area contributed by atoms with Gasteiger partial charge in [-0.2, -0.15) is 0 Å². The molecule has 2 rings (SSSR count). The van der Waals surface area contributed by atoms with E-state index in [2.05, 4.69) is 56.4 Å². The smallest absolute Gasteiger partial charge is 0.0579 e. The summed E-state index contributed by atoms with van der Waals surface area (Å²) in [6.45, 7) is 7.29. The number of nitrogens with one attached hydrogen (secondary N) is 1. The molecule has 0 atom stereocenters. The molecule has 0 heterocycles. The van der Waals surface area contributed by atoms with Gasteiger partial charge in [0.2, 0.25) is 0 Å². The molecule has 0 radical (unpaired) electrons. The summed E-state index contributed by atoms with van der Waals surface area (Å²) in [7, 11) is 0. The highest BCUT2D eigenvalue weighted by Crippen LogP contribution is 2.21. The summed E-state index contributed by atoms with van der Waals surface area (Å²) < 4.78 is 0. The maximum atomic E-state index is 5.95. The Hall–Kier alpha value is -1.96. The third kappa shape index (κ3) is 3.50. The average Bonchev–Trinajstić information content (AvgIpc) is 2.40. The van der Waals surface area contributed by atoms with Crippen LogP contribution in [0, 0.1) is 6.92 Å². The quantitative estimate of drug-likeness (QED) is 0.798. The van der Waals surface area contributed by atoms with Gasteiger partial charge in [-0.3, -0.25) is 0 Å². The van der Waals surface area contributed by atoms with E-state index in [1.807, 2.05) is 12.1 Å². The molecular formula is C17H22N2. The summed E-state index contributed by atoms with van der Waals surface area (Å²) in [6.07, 6.45) is 0. The van der Waals surface area contributed by atoms with E-state index < -0.39 is 0 Å². The molecule has 0 aliphatic carbocycles. The SMILES string of the molecule is Cc1ccc(N)c(NCc2ccc(C(C)C)cc2)c1. The molecule has 0 aromatic heterocycles. The lowest BCUT2D eigenvalue weighted by Gasteiger charge is -2.11. The van der Waals surface area contributed by atoms with Gasteiger partial charge in [0.25, 0.3) is 0 Å². The monoisotopic (exact) mass is 254 g/mol. The van der Waals surface area contributed by atoms with Crippen LogP contribution in [0.3, 0.4) is 0 Å². The van der Waals surface area contributed by atoms with Crippen molar-refractivity contribution >= 4 is 11.4 Å². The first-order chi connectivity index (χ1) is 9.06. The molecule has 0 saturated heterocycles. The highest BCUT2D eigenvalue weighted by atomic mass is 14.9. The molecule has 2 heteroatoms. The maximum Gasteiger partial charge on any atom is 0.0579 e. The zero-order valence-corrected chi connectivity index (χ0v) is 11.9. The number of hydrogen-bond acceptors (Lipinski definition) is 2. The van der Waals surface area contributed by atoms with Gasteiger partial charge in [-0.25, -0.2) is 0 Å². The molecule has 0 bridgehead atoms. The Balaban J connectivity index is 2.04. The molecule has 0 aliphatic rings. The molecule has 0 spiro atoms. The van der Waals surface area contributed by atoms with Crippen molar-refractivity contribution < 1.29 is 0 Å². The fourth-order valence-electron chi connectivity index (χ4n) is 2.04. The fourth-order valence-corrected chi connectivity index (χ4v) is 2.04. The van der Waals surface area contributed by atoms with Crippen LogP contribution in [0.15, 0.2) is 42.5 Å². The van der Waals surface area contributed by atoms with Crippen molar-refractivity contribution in [3.63, 3.8) is 0 Å². The molecule has 0 amide bonds. The number of nitrogen functional groups attached to an aromatic ring is 1. The van der Waals surface area contributed by atoms with Crippen molar-refractivity contribution in [3.05, 3.63) is 59.2 Å². The minimum atomic E-state index is 0.578. The lowest BCUT2D eigenvalue weighted by atomic mass is 10.0. The molecule has 0 saturated carbocycles. The number of anilines is 2. The summed E-state index contributed by atoms with van der Waals surface area (Å²) in [5, 5.41) is 3.39. The van der Waals surface area contributed by atoms with E-state index in [1.54, 1.807) is 0 Å². The first-order valence-corrected chi connectivity index (χ1v) is 6.75. The third-order valence-electron chi connectivity index (χ3n) is 3.34. The Morgan fingerprint density at radius 1 is 1.05 bits per heavy atom. The summed E-state index contributed by atoms with van der Waals surface area (Å²) in [6, 6.07) is 14.8. The lowest BCUT2D eigenvalue weighted by molar-refractivity contribution is 0.865. The highest BCUT2D eigenvalue weighted by molar-refractivity contribution is 5.66. The minimum Gasteiger partial charge on any atom is -0.397 e. The van der Waals surface area contributed by atoms with E-state index in [1.165, 1.54) is 16.7 Å². The Kier molecular flexibility index (Phi) is 4.10. The average molecular weight is 254 g/mol. The summed E-state index contributed by atoms with van der Waals surface area (Å²) >= 11 is 0. The molecule has 19 heavy (non-hydrogen) atoms. The van der Waals surface area contributed by atoms with E-state index in [9.17, 15) is 0 Å². The molecule has 2 aromatic carbocycles. The van der Waals surface area contributed by atoms with Gasteiger partial charge < -0.3 is 11.1 Å². The Labute approximate surface area is 115 Å². The Bertz CT molecular complexity index is 542. The van der Waals surface area contributed by atoms with Crippen molar-refractivity contribution in [2.75, 3.05) is 11.1 Å². The topological polar surface area (TPSA) is 38.0 Å². The second kappa shape index (κ2) is 5.79. The second-order valence-electron chi connectivity index (χ2n) is 5.34. The van der Waals surface area contributed by atoms with Crippen LogP contribution in [0.25, 0.3) is 0 Å². The van der Waals surface area contributed by atoms with Gasteiger partial charge >= 0.3 is 0 Å². The second-order valence-corrected chi connectivity index (χ2v) is 5.34. The van der Waals surface area contributed by atoms with E-state index in [0.717, 1.165) is 17.9 Å². The van der Waals surface area contributed by atoms with Crippen molar-refractivity contribution in [1.82, 2.24) is 0 Å². The molecule has 0 aliphatic heterocycles. The number of nitrogens with two attached hydrogens (primary N) is 1. The molecule has 0 unspecified atom stereocenters. The van der Waals surface area contributed by atoms with E-state index in [-0.39, 0.29) is 0 Å². The van der Waals surface area contributed by atoms with Gasteiger partial charge in [0.15, 0.2) is 0 Å². The van der Waals surface area contributed by atoms with E-state index in [4.69, 9.17) is 5.73 Å². The van der Waals surface area contributed by atoms with Crippen molar-refractivity contribution in [2.45, 2.75) is 33.2 Å². The summed E-state index contributed by atoms with van der Waals surface area (Å²) in [5.74, 6) is 0.578. The van der Waals surface area contributed by atoms with Crippen molar-refractivity contribution in [1.29, 1.82) is 0 Å². The van der Waals surface area contributed by atoms with Crippen LogP contribution in [-0.4, -0.2) is 0 Å². The van der Waals surface area contributed by atoms with Crippen molar-refractivity contribution in [2.24, 2.45) is 0 Å². The van der Waals surface area contributed by atoms with Crippen LogP contribution in [0.2, 0.25) is 0 Å². The van der Waals surface area contributed by atoms with Crippen LogP contribution in [0.1, 0.15) is 36.5 Å². The molecule has 100 valence electrons. The predicted molar refractivity (Wildman–Crippen MR) is 83.4 cm³/mol. The standard InChI is InChI=1S/C17H22N2/c1-12(2)15-7-5-14(6-8-15)11-19-17-10-13(3)4-9-16(17)18/h4-10,12,19H,11,18H2,1-3H3. The third-order valence-corrected chi connectivity index (χ3v) is 3.34.